The number of nitrogens with one attached hydrogen (secondary N) is 1. The molecule has 1 N–H and O–H groups in total. The van der Waals surface area contributed by atoms with Crippen molar-refractivity contribution in [3.8, 4) is 5.75 Å². The zero-order valence-electron chi connectivity index (χ0n) is 16.7. The molecule has 29 heavy (non-hydrogen) atoms. The van der Waals surface area contributed by atoms with Gasteiger partial charge in [-0.05, 0) is 62.4 Å². The second-order valence-electron chi connectivity index (χ2n) is 7.82. The van der Waals surface area contributed by atoms with Crippen LogP contribution in [0, 0.1) is 0 Å². The molecule has 1 aromatic carbocycles. The van der Waals surface area contributed by atoms with E-state index in [9.17, 15) is 9.59 Å². The largest absolute Gasteiger partial charge is 0.494 e. The first-order chi connectivity index (χ1) is 14.1. The summed E-state index contributed by atoms with van der Waals surface area (Å²) in [5.74, 6) is 0.945. The Morgan fingerprint density at radius 2 is 1.72 bits per heavy atom. The van der Waals surface area contributed by atoms with Gasteiger partial charge in [-0.15, -0.1) is 0 Å². The average molecular weight is 393 g/mol. The number of ether oxygens (including phenoxy) is 1. The summed E-state index contributed by atoms with van der Waals surface area (Å²) in [6, 6.07) is 11.8. The van der Waals surface area contributed by atoms with Gasteiger partial charge in [0.1, 0.15) is 5.75 Å². The molecule has 0 radical (unpaired) electrons. The molecule has 2 fully saturated rings. The zero-order valence-corrected chi connectivity index (χ0v) is 16.7. The number of hydrogen-bond donors (Lipinski definition) is 1. The van der Waals surface area contributed by atoms with Crippen LogP contribution in [-0.4, -0.2) is 46.4 Å². The van der Waals surface area contributed by atoms with Crippen LogP contribution in [0.25, 0.3) is 0 Å². The molecule has 2 aliphatic rings. The number of rotatable bonds is 6. The SMILES string of the molecule is CCOc1ccc(CC(=O)N2[C@@H]3CC[C@H]2CC(NC(=O)c2ccncc2)C3)cc1. The molecule has 3 atom stereocenters. The first-order valence-electron chi connectivity index (χ1n) is 10.4. The van der Waals surface area contributed by atoms with Crippen LogP contribution in [0.1, 0.15) is 48.5 Å². The molecule has 2 bridgehead atoms. The van der Waals surface area contributed by atoms with Gasteiger partial charge in [0.05, 0.1) is 13.0 Å². The lowest BCUT2D eigenvalue weighted by Gasteiger charge is -2.39. The van der Waals surface area contributed by atoms with E-state index < -0.39 is 0 Å². The van der Waals surface area contributed by atoms with Crippen LogP contribution in [0.5, 0.6) is 5.75 Å². The summed E-state index contributed by atoms with van der Waals surface area (Å²) in [6.07, 6.45) is 7.34. The Balaban J connectivity index is 1.35. The molecule has 0 aliphatic carbocycles. The molecule has 0 spiro atoms. The third-order valence-corrected chi connectivity index (χ3v) is 5.89. The number of benzene rings is 1. The minimum atomic E-state index is -0.0639. The lowest BCUT2D eigenvalue weighted by molar-refractivity contribution is -0.135. The number of carbonyl (C=O) groups excluding carboxylic acids is 2. The molecule has 152 valence electrons. The molecule has 2 amide bonds. The van der Waals surface area contributed by atoms with E-state index in [1.165, 1.54) is 0 Å². The Bertz CT molecular complexity index is 839. The molecule has 2 aromatic rings. The number of hydrogen-bond acceptors (Lipinski definition) is 4. The number of carbonyl (C=O) groups is 2. The van der Waals surface area contributed by atoms with E-state index in [1.807, 2.05) is 31.2 Å². The molecule has 1 aromatic heterocycles. The fourth-order valence-corrected chi connectivity index (χ4v) is 4.61. The second kappa shape index (κ2) is 8.64. The highest BCUT2D eigenvalue weighted by atomic mass is 16.5. The van der Waals surface area contributed by atoms with Crippen LogP contribution in [0.4, 0.5) is 0 Å². The first kappa shape index (κ1) is 19.4. The van der Waals surface area contributed by atoms with Crippen molar-refractivity contribution in [3.63, 3.8) is 0 Å². The van der Waals surface area contributed by atoms with Crippen molar-refractivity contribution in [1.82, 2.24) is 15.2 Å². The number of fused-ring (bicyclic) bond motifs is 2. The monoisotopic (exact) mass is 393 g/mol. The Morgan fingerprint density at radius 1 is 1.07 bits per heavy atom. The molecular weight excluding hydrogens is 366 g/mol. The van der Waals surface area contributed by atoms with Crippen LogP contribution >= 0.6 is 0 Å². The van der Waals surface area contributed by atoms with E-state index >= 15 is 0 Å². The third kappa shape index (κ3) is 4.42. The second-order valence-corrected chi connectivity index (χ2v) is 7.82. The number of nitrogens with zero attached hydrogens (tertiary/aromatic N) is 2. The van der Waals surface area contributed by atoms with Crippen LogP contribution in [0.3, 0.4) is 0 Å². The predicted molar refractivity (Wildman–Crippen MR) is 110 cm³/mol. The molecule has 4 rings (SSSR count). The summed E-state index contributed by atoms with van der Waals surface area (Å²) in [5, 5.41) is 3.14. The van der Waals surface area contributed by atoms with Gasteiger partial charge in [-0.1, -0.05) is 12.1 Å². The molecule has 0 saturated carbocycles. The highest BCUT2D eigenvalue weighted by molar-refractivity contribution is 5.94. The Labute approximate surface area is 171 Å². The summed E-state index contributed by atoms with van der Waals surface area (Å²) in [7, 11) is 0. The molecule has 3 heterocycles. The van der Waals surface area contributed by atoms with Gasteiger partial charge in [0, 0.05) is 36.1 Å². The van der Waals surface area contributed by atoms with Crippen molar-refractivity contribution in [2.24, 2.45) is 0 Å². The smallest absolute Gasteiger partial charge is 0.251 e. The van der Waals surface area contributed by atoms with E-state index in [4.69, 9.17) is 4.74 Å². The van der Waals surface area contributed by atoms with Crippen molar-refractivity contribution < 1.29 is 14.3 Å². The maximum atomic E-state index is 13.0. The summed E-state index contributed by atoms with van der Waals surface area (Å²) in [6.45, 7) is 2.59. The molecule has 6 heteroatoms. The molecule has 6 nitrogen and oxygen atoms in total. The first-order valence-corrected chi connectivity index (χ1v) is 10.4. The lowest BCUT2D eigenvalue weighted by atomic mass is 9.96. The number of amides is 2. The minimum absolute atomic E-state index is 0.0639. The van der Waals surface area contributed by atoms with Crippen LogP contribution in [0.15, 0.2) is 48.8 Å². The number of aromatic nitrogens is 1. The summed E-state index contributed by atoms with van der Waals surface area (Å²) < 4.78 is 5.47. The van der Waals surface area contributed by atoms with Crippen molar-refractivity contribution in [1.29, 1.82) is 0 Å². The minimum Gasteiger partial charge on any atom is -0.494 e. The van der Waals surface area contributed by atoms with Gasteiger partial charge in [0.25, 0.3) is 5.91 Å². The summed E-state index contributed by atoms with van der Waals surface area (Å²) in [4.78, 5) is 31.5. The summed E-state index contributed by atoms with van der Waals surface area (Å²) in [5.41, 5.74) is 1.63. The fourth-order valence-electron chi connectivity index (χ4n) is 4.61. The maximum absolute atomic E-state index is 13.0. The zero-order chi connectivity index (χ0) is 20.2. The van der Waals surface area contributed by atoms with Crippen molar-refractivity contribution in [2.45, 2.75) is 57.2 Å². The van der Waals surface area contributed by atoms with Crippen molar-refractivity contribution in [3.05, 3.63) is 59.9 Å². The standard InChI is InChI=1S/C23H27N3O3/c1-2-29-21-7-3-16(4-8-21)13-22(27)26-19-5-6-20(26)15-18(14-19)25-23(28)17-9-11-24-12-10-17/h3-4,7-12,18-20H,2,5-6,13-15H2,1H3,(H,25,28)/t18?,19-,20+. The van der Waals surface area contributed by atoms with Gasteiger partial charge in [0.15, 0.2) is 0 Å². The van der Waals surface area contributed by atoms with Gasteiger partial charge in [-0.2, -0.15) is 0 Å². The maximum Gasteiger partial charge on any atom is 0.251 e. The van der Waals surface area contributed by atoms with Gasteiger partial charge >= 0.3 is 0 Å². The highest BCUT2D eigenvalue weighted by Crippen LogP contribution is 2.36. The predicted octanol–water partition coefficient (Wildman–Crippen LogP) is 2.97. The van der Waals surface area contributed by atoms with E-state index in [0.717, 1.165) is 37.0 Å². The quantitative estimate of drug-likeness (QED) is 0.819. The third-order valence-electron chi connectivity index (χ3n) is 5.89. The molecular formula is C23H27N3O3. The lowest BCUT2D eigenvalue weighted by Crippen LogP contribution is -2.52. The van der Waals surface area contributed by atoms with E-state index in [1.54, 1.807) is 24.5 Å². The Kier molecular flexibility index (Phi) is 5.79. The van der Waals surface area contributed by atoms with E-state index in [-0.39, 0.29) is 29.9 Å². The van der Waals surface area contributed by atoms with Gasteiger partial charge < -0.3 is 15.0 Å². The van der Waals surface area contributed by atoms with Gasteiger partial charge in [0.2, 0.25) is 5.91 Å². The molecule has 2 aliphatic heterocycles. The average Bonchev–Trinajstić information content (AvgIpc) is 3.01. The van der Waals surface area contributed by atoms with Gasteiger partial charge in [-0.25, -0.2) is 0 Å². The topological polar surface area (TPSA) is 71.5 Å². The highest BCUT2D eigenvalue weighted by Gasteiger charge is 2.43. The fraction of sp³-hybridized carbons (Fsp3) is 0.435. The Morgan fingerprint density at radius 3 is 2.34 bits per heavy atom. The molecule has 1 unspecified atom stereocenters. The van der Waals surface area contributed by atoms with Gasteiger partial charge in [-0.3, -0.25) is 14.6 Å². The van der Waals surface area contributed by atoms with E-state index in [2.05, 4.69) is 15.2 Å². The van der Waals surface area contributed by atoms with E-state index in [0.29, 0.717) is 18.6 Å². The van der Waals surface area contributed by atoms with Crippen LogP contribution in [0.2, 0.25) is 0 Å². The molecule has 2 saturated heterocycles. The number of piperidine rings is 1. The van der Waals surface area contributed by atoms with Crippen LogP contribution < -0.4 is 10.1 Å². The Hall–Kier alpha value is -2.89. The normalized spacial score (nSPS) is 22.9. The van der Waals surface area contributed by atoms with Crippen LogP contribution in [-0.2, 0) is 11.2 Å². The summed E-state index contributed by atoms with van der Waals surface area (Å²) >= 11 is 0. The van der Waals surface area contributed by atoms with Crippen molar-refractivity contribution in [2.75, 3.05) is 6.61 Å². The van der Waals surface area contributed by atoms with Crippen molar-refractivity contribution >= 4 is 11.8 Å². The number of pyridine rings is 1.